The fourth-order valence-electron chi connectivity index (χ4n) is 3.59. The first-order valence-electron chi connectivity index (χ1n) is 9.72. The summed E-state index contributed by atoms with van der Waals surface area (Å²) >= 11 is 0. The van der Waals surface area contributed by atoms with Gasteiger partial charge in [-0.15, -0.1) is 13.2 Å². The summed E-state index contributed by atoms with van der Waals surface area (Å²) in [4.78, 5) is 12.6. The maximum absolute atomic E-state index is 12.6. The first-order valence-corrected chi connectivity index (χ1v) is 9.72. The molecule has 0 bridgehead atoms. The van der Waals surface area contributed by atoms with E-state index in [1.54, 1.807) is 18.2 Å². The summed E-state index contributed by atoms with van der Waals surface area (Å²) in [6, 6.07) is 8.41. The minimum atomic E-state index is -4.67. The number of amides is 1. The second kappa shape index (κ2) is 8.47. The van der Waals surface area contributed by atoms with Gasteiger partial charge in [0.15, 0.2) is 5.69 Å². The molecule has 2 atom stereocenters. The first kappa shape index (κ1) is 21.0. The van der Waals surface area contributed by atoms with E-state index in [-0.39, 0.29) is 24.8 Å². The van der Waals surface area contributed by atoms with Gasteiger partial charge in [-0.3, -0.25) is 9.53 Å². The summed E-state index contributed by atoms with van der Waals surface area (Å²) in [6.07, 6.45) is -4.05. The van der Waals surface area contributed by atoms with Crippen molar-refractivity contribution in [2.24, 2.45) is 0 Å². The number of ether oxygens (including phenoxy) is 3. The van der Waals surface area contributed by atoms with Crippen LogP contribution in [0.5, 0.6) is 11.6 Å². The standard InChI is InChI=1S/C20H19F3N4O4/c21-20(22,23)30-6-4-15-3-5-27-18(31-15)9-16(26-27)19(28)25-14-8-13-7-12(10-24)1-2-17(13)29-11-14/h1-2,7,9,14-15H,3-6,8,11H2,(H,25,28)/t14-,15+/m1/s1. The molecule has 2 aromatic rings. The van der Waals surface area contributed by atoms with E-state index in [4.69, 9.17) is 14.7 Å². The number of rotatable bonds is 5. The van der Waals surface area contributed by atoms with E-state index in [9.17, 15) is 18.0 Å². The number of hydrogen-bond acceptors (Lipinski definition) is 6. The third-order valence-corrected chi connectivity index (χ3v) is 5.06. The van der Waals surface area contributed by atoms with Crippen LogP contribution in [0.2, 0.25) is 0 Å². The third-order valence-electron chi connectivity index (χ3n) is 5.06. The van der Waals surface area contributed by atoms with E-state index in [2.05, 4.69) is 21.2 Å². The summed E-state index contributed by atoms with van der Waals surface area (Å²) in [5.41, 5.74) is 1.51. The van der Waals surface area contributed by atoms with Gasteiger partial charge in [-0.2, -0.15) is 10.4 Å². The summed E-state index contributed by atoms with van der Waals surface area (Å²) in [6.45, 7) is 0.221. The highest BCUT2D eigenvalue weighted by atomic mass is 19.4. The Morgan fingerprint density at radius 2 is 2.23 bits per heavy atom. The van der Waals surface area contributed by atoms with Crippen LogP contribution in [0.3, 0.4) is 0 Å². The number of aromatic nitrogens is 2. The van der Waals surface area contributed by atoms with Crippen LogP contribution < -0.4 is 14.8 Å². The molecule has 11 heteroatoms. The second-order valence-corrected chi connectivity index (χ2v) is 7.32. The molecule has 0 radical (unpaired) electrons. The van der Waals surface area contributed by atoms with Crippen molar-refractivity contribution in [3.8, 4) is 17.7 Å². The molecule has 0 saturated carbocycles. The van der Waals surface area contributed by atoms with Gasteiger partial charge in [-0.1, -0.05) is 0 Å². The Labute approximate surface area is 175 Å². The Morgan fingerprint density at radius 3 is 3.00 bits per heavy atom. The van der Waals surface area contributed by atoms with Crippen molar-refractivity contribution >= 4 is 5.91 Å². The van der Waals surface area contributed by atoms with Crippen LogP contribution in [0, 0.1) is 11.3 Å². The number of carbonyl (C=O) groups is 1. The fraction of sp³-hybridized carbons (Fsp3) is 0.450. The maximum Gasteiger partial charge on any atom is 0.522 e. The Balaban J connectivity index is 1.34. The number of alkyl halides is 3. The lowest BCUT2D eigenvalue weighted by Crippen LogP contribution is -2.42. The van der Waals surface area contributed by atoms with Gasteiger partial charge in [0.2, 0.25) is 5.88 Å². The molecule has 0 aliphatic carbocycles. The van der Waals surface area contributed by atoms with Crippen LogP contribution in [0.15, 0.2) is 24.3 Å². The second-order valence-electron chi connectivity index (χ2n) is 7.32. The van der Waals surface area contributed by atoms with Gasteiger partial charge < -0.3 is 14.8 Å². The number of hydrogen-bond donors (Lipinski definition) is 1. The lowest BCUT2D eigenvalue weighted by molar-refractivity contribution is -0.325. The summed E-state index contributed by atoms with van der Waals surface area (Å²) in [7, 11) is 0. The van der Waals surface area contributed by atoms with Gasteiger partial charge in [0.25, 0.3) is 5.91 Å². The van der Waals surface area contributed by atoms with Gasteiger partial charge in [0.05, 0.1) is 24.3 Å². The number of aryl methyl sites for hydroxylation is 1. The lowest BCUT2D eigenvalue weighted by atomic mass is 10.0. The van der Waals surface area contributed by atoms with Crippen molar-refractivity contribution in [3.05, 3.63) is 41.1 Å². The molecule has 8 nitrogen and oxygen atoms in total. The fourth-order valence-corrected chi connectivity index (χ4v) is 3.59. The molecule has 0 saturated heterocycles. The SMILES string of the molecule is N#Cc1ccc2c(c1)C[C@@H](NC(=O)c1cc3n(n1)CC[C@@H](CCOC(F)(F)F)O3)CO2. The molecular formula is C20H19F3N4O4. The van der Waals surface area contributed by atoms with E-state index in [0.717, 1.165) is 5.56 Å². The Bertz CT molecular complexity index is 1010. The molecule has 0 fully saturated rings. The summed E-state index contributed by atoms with van der Waals surface area (Å²) < 4.78 is 53.0. The Kier molecular flexibility index (Phi) is 5.73. The summed E-state index contributed by atoms with van der Waals surface area (Å²) in [5, 5.41) is 16.1. The largest absolute Gasteiger partial charge is 0.522 e. The smallest absolute Gasteiger partial charge is 0.491 e. The predicted molar refractivity (Wildman–Crippen MR) is 99.5 cm³/mol. The van der Waals surface area contributed by atoms with E-state index in [0.29, 0.717) is 36.6 Å². The topological polar surface area (TPSA) is 98.4 Å². The van der Waals surface area contributed by atoms with E-state index in [1.165, 1.54) is 10.7 Å². The zero-order chi connectivity index (χ0) is 22.0. The number of nitrogens with zero attached hydrogens (tertiary/aromatic N) is 3. The maximum atomic E-state index is 12.6. The van der Waals surface area contributed by atoms with Crippen molar-refractivity contribution in [2.45, 2.75) is 44.3 Å². The van der Waals surface area contributed by atoms with Crippen molar-refractivity contribution in [1.29, 1.82) is 5.26 Å². The average Bonchev–Trinajstić information content (AvgIpc) is 3.16. The number of benzene rings is 1. The van der Waals surface area contributed by atoms with Crippen molar-refractivity contribution in [3.63, 3.8) is 0 Å². The van der Waals surface area contributed by atoms with E-state index < -0.39 is 25.0 Å². The highest BCUT2D eigenvalue weighted by Crippen LogP contribution is 2.27. The van der Waals surface area contributed by atoms with Gasteiger partial charge in [-0.25, -0.2) is 4.68 Å². The molecule has 0 unspecified atom stereocenters. The van der Waals surface area contributed by atoms with Crippen LogP contribution >= 0.6 is 0 Å². The molecule has 1 aromatic heterocycles. The Morgan fingerprint density at radius 1 is 1.39 bits per heavy atom. The van der Waals surface area contributed by atoms with Crippen molar-refractivity contribution in [1.82, 2.24) is 15.1 Å². The highest BCUT2D eigenvalue weighted by Gasteiger charge is 2.31. The van der Waals surface area contributed by atoms with Crippen LogP contribution in [0.4, 0.5) is 13.2 Å². The molecule has 164 valence electrons. The van der Waals surface area contributed by atoms with Gasteiger partial charge in [0.1, 0.15) is 18.5 Å². The number of carbonyl (C=O) groups excluding carboxylic acids is 1. The molecule has 1 amide bonds. The van der Waals surface area contributed by atoms with Gasteiger partial charge in [0, 0.05) is 25.5 Å². The quantitative estimate of drug-likeness (QED) is 0.774. The zero-order valence-corrected chi connectivity index (χ0v) is 16.3. The number of nitriles is 1. The molecule has 31 heavy (non-hydrogen) atoms. The minimum Gasteiger partial charge on any atom is -0.491 e. The predicted octanol–water partition coefficient (Wildman–Crippen LogP) is 2.57. The molecular weight excluding hydrogens is 417 g/mol. The lowest BCUT2D eigenvalue weighted by Gasteiger charge is -2.25. The molecule has 0 spiro atoms. The van der Waals surface area contributed by atoms with Gasteiger partial charge >= 0.3 is 6.36 Å². The van der Waals surface area contributed by atoms with Crippen LogP contribution in [-0.4, -0.2) is 47.4 Å². The normalized spacial score (nSPS) is 19.9. The van der Waals surface area contributed by atoms with Crippen LogP contribution in [0.1, 0.15) is 34.5 Å². The Hall–Kier alpha value is -3.26. The average molecular weight is 436 g/mol. The molecule has 3 heterocycles. The number of fused-ring (bicyclic) bond motifs is 2. The molecule has 2 aliphatic rings. The monoisotopic (exact) mass is 436 g/mol. The molecule has 4 rings (SSSR count). The third kappa shape index (κ3) is 5.08. The molecule has 1 N–H and O–H groups in total. The number of nitrogens with one attached hydrogen (secondary N) is 1. The van der Waals surface area contributed by atoms with E-state index in [1.807, 2.05) is 0 Å². The highest BCUT2D eigenvalue weighted by molar-refractivity contribution is 5.92. The summed E-state index contributed by atoms with van der Waals surface area (Å²) in [5.74, 6) is 0.615. The zero-order valence-electron chi connectivity index (χ0n) is 16.3. The molecule has 1 aromatic carbocycles. The van der Waals surface area contributed by atoms with Crippen molar-refractivity contribution < 1.29 is 32.2 Å². The van der Waals surface area contributed by atoms with Gasteiger partial charge in [-0.05, 0) is 30.2 Å². The van der Waals surface area contributed by atoms with E-state index >= 15 is 0 Å². The number of halogens is 3. The minimum absolute atomic E-state index is 0.0791. The van der Waals surface area contributed by atoms with Crippen LogP contribution in [-0.2, 0) is 17.7 Å². The van der Waals surface area contributed by atoms with Crippen molar-refractivity contribution in [2.75, 3.05) is 13.2 Å². The first-order chi connectivity index (χ1) is 14.8. The van der Waals surface area contributed by atoms with Crippen LogP contribution in [0.25, 0.3) is 0 Å². The molecule has 2 aliphatic heterocycles.